The number of hydrogen-bond acceptors (Lipinski definition) is 7. The van der Waals surface area contributed by atoms with E-state index in [1.165, 1.54) is 37.8 Å². The molecule has 0 saturated carbocycles. The lowest BCUT2D eigenvalue weighted by Crippen LogP contribution is -2.47. The topological polar surface area (TPSA) is 103 Å². The van der Waals surface area contributed by atoms with Crippen LogP contribution in [0.1, 0.15) is 68.9 Å². The first-order chi connectivity index (χ1) is 21.9. The SMILES string of the molecule is CCCCCCCCOc1ccc([C@H](CC(=O)N2CCN(C)CC2)c2c(O)cc(O)c3c(=O)cc(-c4ccccc4)oc23)cc1. The third kappa shape index (κ3) is 7.87. The molecule has 238 valence electrons. The maximum absolute atomic E-state index is 13.7. The molecule has 0 radical (unpaired) electrons. The summed E-state index contributed by atoms with van der Waals surface area (Å²) >= 11 is 0. The van der Waals surface area contributed by atoms with E-state index in [-0.39, 0.29) is 34.8 Å². The van der Waals surface area contributed by atoms with Crippen LogP contribution in [0.25, 0.3) is 22.3 Å². The highest BCUT2D eigenvalue weighted by molar-refractivity contribution is 5.91. The number of hydrogen-bond donors (Lipinski definition) is 2. The molecular weight excluding hydrogens is 568 g/mol. The Hall–Kier alpha value is -4.30. The van der Waals surface area contributed by atoms with E-state index in [4.69, 9.17) is 9.15 Å². The van der Waals surface area contributed by atoms with Crippen molar-refractivity contribution >= 4 is 16.9 Å². The van der Waals surface area contributed by atoms with Crippen LogP contribution >= 0.6 is 0 Å². The number of rotatable bonds is 13. The van der Waals surface area contributed by atoms with Crippen LogP contribution in [-0.4, -0.2) is 65.8 Å². The minimum Gasteiger partial charge on any atom is -0.507 e. The molecule has 1 amide bonds. The highest BCUT2D eigenvalue weighted by Crippen LogP contribution is 2.43. The maximum Gasteiger partial charge on any atom is 0.223 e. The van der Waals surface area contributed by atoms with Crippen molar-refractivity contribution in [2.45, 2.75) is 57.8 Å². The molecular formula is C37H44N2O6. The van der Waals surface area contributed by atoms with Crippen LogP contribution in [0.5, 0.6) is 17.2 Å². The maximum atomic E-state index is 13.7. The van der Waals surface area contributed by atoms with Crippen molar-refractivity contribution in [2.75, 3.05) is 39.8 Å². The molecule has 2 heterocycles. The van der Waals surface area contributed by atoms with Gasteiger partial charge in [-0.1, -0.05) is 81.5 Å². The standard InChI is InChI=1S/C37H44N2O6/c1-3-4-5-6-7-11-22-44-28-16-14-26(15-17-28)29(23-34(43)39-20-18-38(2)19-21-39)35-30(40)24-31(41)36-32(42)25-33(45-37(35)36)27-12-9-8-10-13-27/h8-10,12-17,24-25,29,40-41H,3-7,11,18-23H2,1-2H3/t29-/m0/s1. The van der Waals surface area contributed by atoms with E-state index in [0.717, 1.165) is 37.2 Å². The predicted molar refractivity (Wildman–Crippen MR) is 177 cm³/mol. The summed E-state index contributed by atoms with van der Waals surface area (Å²) in [7, 11) is 2.04. The van der Waals surface area contributed by atoms with E-state index in [1.54, 1.807) is 0 Å². The summed E-state index contributed by atoms with van der Waals surface area (Å²) in [5, 5.41) is 22.1. The number of carbonyl (C=O) groups is 1. The first kappa shape index (κ1) is 32.1. The van der Waals surface area contributed by atoms with E-state index in [9.17, 15) is 19.8 Å². The van der Waals surface area contributed by atoms with E-state index < -0.39 is 11.3 Å². The summed E-state index contributed by atoms with van der Waals surface area (Å²) in [5.41, 5.74) is 1.37. The third-order valence-corrected chi connectivity index (χ3v) is 8.69. The highest BCUT2D eigenvalue weighted by Gasteiger charge is 2.30. The van der Waals surface area contributed by atoms with Gasteiger partial charge in [-0.25, -0.2) is 0 Å². The Labute approximate surface area is 264 Å². The molecule has 0 unspecified atom stereocenters. The second-order valence-electron chi connectivity index (χ2n) is 12.0. The van der Waals surface area contributed by atoms with Crippen LogP contribution in [0.15, 0.2) is 75.9 Å². The molecule has 1 atom stereocenters. The number of phenols is 2. The van der Waals surface area contributed by atoms with Gasteiger partial charge in [0, 0.05) is 61.8 Å². The summed E-state index contributed by atoms with van der Waals surface area (Å²) in [5.74, 6) is -0.285. The van der Waals surface area contributed by atoms with Crippen molar-refractivity contribution in [1.82, 2.24) is 9.80 Å². The molecule has 0 bridgehead atoms. The average Bonchev–Trinajstić information content (AvgIpc) is 3.04. The number of piperazine rings is 1. The van der Waals surface area contributed by atoms with Gasteiger partial charge in [-0.15, -0.1) is 0 Å². The van der Waals surface area contributed by atoms with Gasteiger partial charge >= 0.3 is 0 Å². The number of likely N-dealkylation sites (N-methyl/N-ethyl adjacent to an activating group) is 1. The number of aromatic hydroxyl groups is 2. The lowest BCUT2D eigenvalue weighted by molar-refractivity contribution is -0.133. The monoisotopic (exact) mass is 612 g/mol. The van der Waals surface area contributed by atoms with Crippen molar-refractivity contribution in [1.29, 1.82) is 0 Å². The first-order valence-corrected chi connectivity index (χ1v) is 16.1. The van der Waals surface area contributed by atoms with Gasteiger partial charge in [0.15, 0.2) is 5.43 Å². The highest BCUT2D eigenvalue weighted by atomic mass is 16.5. The number of ether oxygens (including phenoxy) is 1. The lowest BCUT2D eigenvalue weighted by Gasteiger charge is -2.33. The smallest absolute Gasteiger partial charge is 0.223 e. The Bertz CT molecular complexity index is 1630. The minimum absolute atomic E-state index is 0.0292. The van der Waals surface area contributed by atoms with Crippen LogP contribution in [0.2, 0.25) is 0 Å². The molecule has 8 heteroatoms. The fraction of sp³-hybridized carbons (Fsp3) is 0.405. The Balaban J connectivity index is 1.50. The molecule has 0 aliphatic carbocycles. The number of carbonyl (C=O) groups excluding carboxylic acids is 1. The van der Waals surface area contributed by atoms with Gasteiger partial charge in [0.2, 0.25) is 5.91 Å². The van der Waals surface area contributed by atoms with Crippen molar-refractivity contribution < 1.29 is 24.2 Å². The van der Waals surface area contributed by atoms with Crippen LogP contribution in [0, 0.1) is 0 Å². The van der Waals surface area contributed by atoms with Crippen LogP contribution < -0.4 is 10.2 Å². The molecule has 45 heavy (non-hydrogen) atoms. The van der Waals surface area contributed by atoms with Gasteiger partial charge in [-0.3, -0.25) is 9.59 Å². The fourth-order valence-corrected chi connectivity index (χ4v) is 6.02. The lowest BCUT2D eigenvalue weighted by atomic mass is 9.86. The molecule has 1 aromatic heterocycles. The summed E-state index contributed by atoms with van der Waals surface area (Å²) < 4.78 is 12.3. The second kappa shape index (κ2) is 15.1. The van der Waals surface area contributed by atoms with Gasteiger partial charge in [0.25, 0.3) is 0 Å². The first-order valence-electron chi connectivity index (χ1n) is 16.1. The minimum atomic E-state index is -0.651. The fourth-order valence-electron chi connectivity index (χ4n) is 6.02. The molecule has 4 aromatic rings. The van der Waals surface area contributed by atoms with Crippen LogP contribution in [-0.2, 0) is 4.79 Å². The zero-order chi connectivity index (χ0) is 31.8. The largest absolute Gasteiger partial charge is 0.507 e. The van der Waals surface area contributed by atoms with Crippen LogP contribution in [0.3, 0.4) is 0 Å². The third-order valence-electron chi connectivity index (χ3n) is 8.69. The Morgan fingerprint density at radius 2 is 1.58 bits per heavy atom. The average molecular weight is 613 g/mol. The normalized spacial score (nSPS) is 14.5. The molecule has 1 saturated heterocycles. The quantitative estimate of drug-likeness (QED) is 0.158. The zero-order valence-corrected chi connectivity index (χ0v) is 26.3. The van der Waals surface area contributed by atoms with E-state index >= 15 is 0 Å². The Morgan fingerprint density at radius 1 is 0.889 bits per heavy atom. The van der Waals surface area contributed by atoms with Gasteiger partial charge in [0.05, 0.1) is 6.61 Å². The van der Waals surface area contributed by atoms with Gasteiger partial charge in [-0.05, 0) is 31.2 Å². The van der Waals surface area contributed by atoms with Crippen LogP contribution in [0.4, 0.5) is 0 Å². The molecule has 8 nitrogen and oxygen atoms in total. The van der Waals surface area contributed by atoms with E-state index in [2.05, 4.69) is 11.8 Å². The molecule has 5 rings (SSSR count). The molecule has 1 aliphatic heterocycles. The van der Waals surface area contributed by atoms with Gasteiger partial charge in [-0.2, -0.15) is 0 Å². The summed E-state index contributed by atoms with van der Waals surface area (Å²) in [6, 6.07) is 19.3. The summed E-state index contributed by atoms with van der Waals surface area (Å²) in [4.78, 5) is 31.1. The molecule has 1 aliphatic rings. The van der Waals surface area contributed by atoms with Gasteiger partial charge < -0.3 is 29.2 Å². The van der Waals surface area contributed by atoms with Gasteiger partial charge in [0.1, 0.15) is 34.0 Å². The Kier molecular flexibility index (Phi) is 10.8. The second-order valence-corrected chi connectivity index (χ2v) is 12.0. The van der Waals surface area contributed by atoms with Crippen molar-refractivity contribution in [3.63, 3.8) is 0 Å². The predicted octanol–water partition coefficient (Wildman–Crippen LogP) is 6.91. The van der Waals surface area contributed by atoms with E-state index in [1.807, 2.05) is 66.5 Å². The number of nitrogens with zero attached hydrogens (tertiary/aromatic N) is 2. The molecule has 0 spiro atoms. The van der Waals surface area contributed by atoms with Crippen molar-refractivity contribution in [3.05, 3.63) is 88.1 Å². The number of unbranched alkanes of at least 4 members (excludes halogenated alkanes) is 5. The number of phenolic OH excluding ortho intramolecular Hbond substituents is 2. The van der Waals surface area contributed by atoms with Crippen molar-refractivity contribution in [3.8, 4) is 28.6 Å². The molecule has 2 N–H and O–H groups in total. The number of benzene rings is 3. The number of amides is 1. The number of fused-ring (bicyclic) bond motifs is 1. The molecule has 3 aromatic carbocycles. The summed E-state index contributed by atoms with van der Waals surface area (Å²) in [6.45, 7) is 5.63. The zero-order valence-electron chi connectivity index (χ0n) is 26.3. The molecule has 1 fully saturated rings. The summed E-state index contributed by atoms with van der Waals surface area (Å²) in [6.07, 6.45) is 7.14. The Morgan fingerprint density at radius 3 is 2.29 bits per heavy atom. The van der Waals surface area contributed by atoms with E-state index in [0.29, 0.717) is 36.6 Å². The van der Waals surface area contributed by atoms with Crippen molar-refractivity contribution in [2.24, 2.45) is 0 Å².